The molecule has 9 aliphatic rings. The van der Waals surface area contributed by atoms with E-state index in [9.17, 15) is 0 Å². The summed E-state index contributed by atoms with van der Waals surface area (Å²) in [7, 11) is 2.13. The van der Waals surface area contributed by atoms with Crippen LogP contribution >= 0.6 is 11.3 Å². The third-order valence-electron chi connectivity index (χ3n) is 21.8. The summed E-state index contributed by atoms with van der Waals surface area (Å²) < 4.78 is 49.8. The topological polar surface area (TPSA) is 122 Å². The van der Waals surface area contributed by atoms with E-state index in [1.165, 1.54) is 86.2 Å². The Bertz CT molecular complexity index is 6610. The molecule has 27 rings (SSSR count). The predicted molar refractivity (Wildman–Crippen MR) is 348 cm³/mol. The molecule has 0 bridgehead atoms. The van der Waals surface area contributed by atoms with Gasteiger partial charge in [-0.25, -0.2) is 4.57 Å². The molecule has 3 unspecified atom stereocenters. The first kappa shape index (κ1) is 47.8. The van der Waals surface area contributed by atoms with Crippen LogP contribution in [0.25, 0.3) is 131 Å². The molecule has 12 aromatic heterocycles. The van der Waals surface area contributed by atoms with Gasteiger partial charge in [0.05, 0.1) is 79.4 Å². The van der Waals surface area contributed by atoms with E-state index in [2.05, 4.69) is 262 Å². The molecular formula is C76H45N13O4S+6. The van der Waals surface area contributed by atoms with Crippen LogP contribution in [-0.2, 0) is 24.4 Å². The molecule has 18 heteroatoms. The summed E-state index contributed by atoms with van der Waals surface area (Å²) in [5.74, 6) is 3.21. The van der Waals surface area contributed by atoms with Crippen LogP contribution in [-0.4, -0.2) is 33.9 Å². The zero-order chi connectivity index (χ0) is 61.0. The molecule has 18 aromatic rings. The van der Waals surface area contributed by atoms with Crippen molar-refractivity contribution in [1.29, 1.82) is 0 Å². The molecule has 0 saturated heterocycles. The van der Waals surface area contributed by atoms with Crippen LogP contribution in [0.1, 0.15) is 33.8 Å². The van der Waals surface area contributed by atoms with E-state index in [-0.39, 0.29) is 0 Å². The normalized spacial score (nSPS) is 18.8. The van der Waals surface area contributed by atoms with Gasteiger partial charge >= 0.3 is 35.0 Å². The van der Waals surface area contributed by atoms with Crippen molar-refractivity contribution in [2.24, 2.45) is 7.05 Å². The van der Waals surface area contributed by atoms with Crippen LogP contribution in [0.15, 0.2) is 205 Å². The number of aryl methyl sites for hydroxylation is 4. The van der Waals surface area contributed by atoms with Gasteiger partial charge in [-0.15, -0.1) is 34.4 Å². The third-order valence-corrected chi connectivity index (χ3v) is 22.8. The minimum Gasteiger partial charge on any atom is -0.463 e. The highest BCUT2D eigenvalue weighted by Gasteiger charge is 2.74. The molecule has 17 nitrogen and oxygen atoms in total. The molecular weight excluding hydrogens is 1190 g/mol. The smallest absolute Gasteiger partial charge is 0.463 e. The summed E-state index contributed by atoms with van der Waals surface area (Å²) >= 11 is 1.81. The van der Waals surface area contributed by atoms with Crippen LogP contribution < -0.4 is 41.6 Å². The van der Waals surface area contributed by atoms with E-state index in [0.717, 1.165) is 114 Å². The number of furan rings is 1. The Hall–Kier alpha value is -12.2. The molecule has 0 N–H and O–H groups in total. The molecule has 3 spiro atoms. The van der Waals surface area contributed by atoms with Gasteiger partial charge in [0.2, 0.25) is 33.6 Å². The molecule has 6 aromatic carbocycles. The summed E-state index contributed by atoms with van der Waals surface area (Å²) in [5, 5.41) is 32.1. The summed E-state index contributed by atoms with van der Waals surface area (Å²) in [6, 6.07) is 57.9. The van der Waals surface area contributed by atoms with Gasteiger partial charge in [0.25, 0.3) is 0 Å². The van der Waals surface area contributed by atoms with Gasteiger partial charge in [0, 0.05) is 68.8 Å². The van der Waals surface area contributed by atoms with Crippen LogP contribution in [0.3, 0.4) is 0 Å². The number of nitrogens with zero attached hydrogens (tertiary/aromatic N) is 13. The fourth-order valence-corrected chi connectivity index (χ4v) is 19.8. The lowest BCUT2D eigenvalue weighted by atomic mass is 9.96. The zero-order valence-corrected chi connectivity index (χ0v) is 51.2. The summed E-state index contributed by atoms with van der Waals surface area (Å²) in [6.45, 7) is 6.19. The van der Waals surface area contributed by atoms with Crippen LogP contribution in [0.2, 0.25) is 0 Å². The summed E-state index contributed by atoms with van der Waals surface area (Å²) in [4.78, 5) is 0. The molecule has 21 heterocycles. The Kier molecular flexibility index (Phi) is 7.66. The number of rotatable bonds is 0. The Labute approximate surface area is 533 Å². The van der Waals surface area contributed by atoms with Gasteiger partial charge in [-0.2, -0.15) is 20.0 Å². The van der Waals surface area contributed by atoms with Crippen molar-refractivity contribution in [1.82, 2.24) is 33.9 Å². The van der Waals surface area contributed by atoms with Gasteiger partial charge < -0.3 is 18.6 Å². The van der Waals surface area contributed by atoms with Gasteiger partial charge in [-0.05, 0) is 146 Å². The number of hydrogen-bond acceptors (Lipinski definition) is 8. The molecule has 0 fully saturated rings. The minimum absolute atomic E-state index is 0.631. The molecule has 9 aliphatic heterocycles. The number of thiophene rings is 1. The summed E-state index contributed by atoms with van der Waals surface area (Å²) in [5.41, 5.74) is 19.0. The molecule has 438 valence electrons. The quantitative estimate of drug-likeness (QED) is 0.109. The standard InChI is InChI=1S/C26H17N5O.C25H14N4O2.C25H14N4OS/c1-14-13-19-18-6-3-7-21-30(18)26(31(19)27-14)23-20(32-21)9-8-15-16-10-12-28(2)24(16)17-5-4-11-29(26)25(17)22(15)23;1-13-12-18-17-5-2-6-20-28(17)25(29(18)26-13)22-19(31-20)8-7-14-15-9-11-30-24(15)16-4-3-10-27(25)23(16)21(14)22;1-13-12-18-17-5-2-6-20-28(17)25(29(18)26-13)22-19(30-20)8-7-14-15-9-11-31-24(15)16-4-3-10-27(25)23(16)21(14)22/h3-13H,1-2H3;2*2-12H,1H3/q3*+2. The molecule has 3 atom stereocenters. The summed E-state index contributed by atoms with van der Waals surface area (Å²) in [6.07, 6.45) is 10.5. The monoisotopic (exact) mass is 1240 g/mol. The first-order valence-corrected chi connectivity index (χ1v) is 32.6. The first-order chi connectivity index (χ1) is 46.3. The Morgan fingerprint density at radius 3 is 1.63 bits per heavy atom. The Balaban J connectivity index is 0.0000000855. The number of pyridine rings is 6. The maximum Gasteiger partial charge on any atom is 0.504 e. The van der Waals surface area contributed by atoms with Crippen molar-refractivity contribution in [2.45, 2.75) is 38.1 Å². The lowest BCUT2D eigenvalue weighted by molar-refractivity contribution is -0.970. The van der Waals surface area contributed by atoms with E-state index in [1.54, 1.807) is 6.26 Å². The number of aromatic nitrogens is 13. The largest absolute Gasteiger partial charge is 0.504 e. The van der Waals surface area contributed by atoms with Crippen molar-refractivity contribution in [3.05, 3.63) is 234 Å². The fourth-order valence-electron chi connectivity index (χ4n) is 18.9. The van der Waals surface area contributed by atoms with E-state index in [0.29, 0.717) is 0 Å². The van der Waals surface area contributed by atoms with E-state index in [1.807, 2.05) is 17.4 Å². The zero-order valence-electron chi connectivity index (χ0n) is 50.4. The van der Waals surface area contributed by atoms with Crippen molar-refractivity contribution in [3.63, 3.8) is 0 Å². The van der Waals surface area contributed by atoms with Crippen molar-refractivity contribution >= 4 is 108 Å². The predicted octanol–water partition coefficient (Wildman–Crippen LogP) is 12.1. The van der Waals surface area contributed by atoms with Gasteiger partial charge in [0.15, 0.2) is 41.2 Å². The number of benzene rings is 6. The lowest BCUT2D eigenvalue weighted by Gasteiger charge is -2.30. The van der Waals surface area contributed by atoms with Gasteiger partial charge in [-0.3, -0.25) is 4.57 Å². The van der Waals surface area contributed by atoms with Crippen molar-refractivity contribution < 1.29 is 46.0 Å². The second kappa shape index (κ2) is 15.1. The maximum absolute atomic E-state index is 6.53. The Morgan fingerprint density at radius 1 is 0.436 bits per heavy atom. The third kappa shape index (κ3) is 4.73. The highest BCUT2D eigenvalue weighted by Crippen LogP contribution is 2.58. The molecule has 94 heavy (non-hydrogen) atoms. The molecule has 0 saturated carbocycles. The van der Waals surface area contributed by atoms with Crippen molar-refractivity contribution in [3.8, 4) is 69.1 Å². The van der Waals surface area contributed by atoms with Crippen LogP contribution in [0.5, 0.6) is 34.9 Å². The average Bonchev–Trinajstić information content (AvgIpc) is 1.50. The highest BCUT2D eigenvalue weighted by atomic mass is 32.1. The first-order valence-electron chi connectivity index (χ1n) is 31.7. The van der Waals surface area contributed by atoms with Crippen LogP contribution in [0, 0.1) is 20.8 Å². The Morgan fingerprint density at radius 2 is 0.979 bits per heavy atom. The van der Waals surface area contributed by atoms with Gasteiger partial charge in [0.1, 0.15) is 41.0 Å². The lowest BCUT2D eigenvalue weighted by Crippen LogP contribution is -2.75. The second-order valence-electron chi connectivity index (χ2n) is 26.2. The van der Waals surface area contributed by atoms with E-state index < -0.39 is 17.4 Å². The molecule has 0 radical (unpaired) electrons. The van der Waals surface area contributed by atoms with E-state index >= 15 is 0 Å². The second-order valence-corrected chi connectivity index (χ2v) is 27.2. The van der Waals surface area contributed by atoms with Crippen molar-refractivity contribution in [2.75, 3.05) is 0 Å². The maximum atomic E-state index is 6.53. The SMILES string of the molecule is Cc1cc2n(n1)C13c4c(ccc5c6cc[n+](C)c6c6cccn1c6c45)Oc1cccc-2[n+]13.Cc1cc2n(n1)C13c4c(ccc5c6ccoc6c6ccc[n+]1c6c45)Oc1cccc-2[n+]13.Cc1cc2n(n1)C13c4c(ccc5c6ccsc6c6ccc[n+]1c6c45)Oc1cccc-2[n+]13. The molecule has 0 amide bonds. The number of hydrogen-bond donors (Lipinski definition) is 0. The van der Waals surface area contributed by atoms with E-state index in [4.69, 9.17) is 33.9 Å². The highest BCUT2D eigenvalue weighted by molar-refractivity contribution is 7.18. The average molecular weight is 1240 g/mol. The number of fused-ring (bicyclic) bond motifs is 15. The fraction of sp³-hybridized carbons (Fsp3) is 0.0921. The number of ether oxygens (including phenoxy) is 3. The minimum atomic E-state index is -0.677. The van der Waals surface area contributed by atoms with Crippen LogP contribution in [0.4, 0.5) is 0 Å². The molecule has 0 aliphatic carbocycles. The van der Waals surface area contributed by atoms with Gasteiger partial charge in [-0.1, -0.05) is 9.13 Å².